The van der Waals surface area contributed by atoms with Crippen molar-refractivity contribution in [3.05, 3.63) is 45.7 Å². The van der Waals surface area contributed by atoms with Crippen molar-refractivity contribution in [2.45, 2.75) is 26.7 Å². The lowest BCUT2D eigenvalue weighted by molar-refractivity contribution is 0.110. The van der Waals surface area contributed by atoms with Crippen molar-refractivity contribution in [3.8, 4) is 5.75 Å². The molecule has 1 aromatic carbocycles. The first kappa shape index (κ1) is 22.5. The lowest BCUT2D eigenvalue weighted by Gasteiger charge is -2.20. The maximum absolute atomic E-state index is 6.50. The number of hydrogen-bond donors (Lipinski definition) is 0. The van der Waals surface area contributed by atoms with Crippen LogP contribution in [0.3, 0.4) is 0 Å². The quantitative estimate of drug-likeness (QED) is 0.298. The highest BCUT2D eigenvalue weighted by molar-refractivity contribution is 6.45. The minimum Gasteiger partial charge on any atom is -0.495 e. The Hall–Kier alpha value is -1.76. The van der Waals surface area contributed by atoms with Crippen molar-refractivity contribution < 1.29 is 9.57 Å². The summed E-state index contributed by atoms with van der Waals surface area (Å²) in [6.45, 7) is 7.77. The van der Waals surface area contributed by atoms with Gasteiger partial charge < -0.3 is 9.57 Å². The third-order valence-electron chi connectivity index (χ3n) is 4.32. The van der Waals surface area contributed by atoms with Gasteiger partial charge in [-0.15, -0.1) is 0 Å². The standard InChI is InChI=1S/C20H28Cl2N4O2/c1-5-11-26(12-6-2)13-14-28-24-20(16-9-10-23-25(16)3)15-7-8-17(27-4)19(22)18(15)21/h7-10H,5-6,11-14H2,1-4H3/b24-20+. The number of oxime groups is 1. The zero-order valence-electron chi connectivity index (χ0n) is 16.9. The summed E-state index contributed by atoms with van der Waals surface area (Å²) in [5, 5.41) is 9.32. The summed E-state index contributed by atoms with van der Waals surface area (Å²) >= 11 is 12.8. The van der Waals surface area contributed by atoms with Crippen molar-refractivity contribution >= 4 is 28.9 Å². The minimum atomic E-state index is 0.341. The molecule has 1 heterocycles. The van der Waals surface area contributed by atoms with Gasteiger partial charge >= 0.3 is 0 Å². The van der Waals surface area contributed by atoms with E-state index < -0.39 is 0 Å². The molecule has 6 nitrogen and oxygen atoms in total. The van der Waals surface area contributed by atoms with Gasteiger partial charge in [0.15, 0.2) is 0 Å². The molecule has 0 bridgehead atoms. The molecule has 1 aromatic heterocycles. The molecule has 0 N–H and O–H groups in total. The van der Waals surface area contributed by atoms with E-state index in [9.17, 15) is 0 Å². The predicted molar refractivity (Wildman–Crippen MR) is 115 cm³/mol. The molecular weight excluding hydrogens is 399 g/mol. The Morgan fingerprint density at radius 2 is 1.82 bits per heavy atom. The second kappa shape index (κ2) is 11.3. The van der Waals surface area contributed by atoms with Crippen molar-refractivity contribution in [1.29, 1.82) is 0 Å². The highest BCUT2D eigenvalue weighted by Crippen LogP contribution is 2.35. The zero-order valence-corrected chi connectivity index (χ0v) is 18.4. The number of hydrogen-bond acceptors (Lipinski definition) is 5. The Morgan fingerprint density at radius 3 is 2.39 bits per heavy atom. The Balaban J connectivity index is 2.26. The molecule has 154 valence electrons. The predicted octanol–water partition coefficient (Wildman–Crippen LogP) is 4.63. The maximum atomic E-state index is 6.50. The monoisotopic (exact) mass is 426 g/mol. The summed E-state index contributed by atoms with van der Waals surface area (Å²) in [6.07, 6.45) is 3.93. The van der Waals surface area contributed by atoms with Gasteiger partial charge in [-0.3, -0.25) is 9.58 Å². The van der Waals surface area contributed by atoms with Crippen LogP contribution in [0.25, 0.3) is 0 Å². The molecule has 2 aromatic rings. The van der Waals surface area contributed by atoms with Crippen molar-refractivity contribution in [2.75, 3.05) is 33.4 Å². The normalized spacial score (nSPS) is 11.9. The number of ether oxygens (including phenoxy) is 1. The van der Waals surface area contributed by atoms with Gasteiger partial charge in [0.25, 0.3) is 0 Å². The lowest BCUT2D eigenvalue weighted by atomic mass is 10.1. The van der Waals surface area contributed by atoms with Crippen molar-refractivity contribution in [1.82, 2.24) is 14.7 Å². The van der Waals surface area contributed by atoms with Crippen LogP contribution in [0, 0.1) is 0 Å². The molecule has 0 atom stereocenters. The third-order valence-corrected chi connectivity index (χ3v) is 5.18. The summed E-state index contributed by atoms with van der Waals surface area (Å²) in [5.41, 5.74) is 2.02. The van der Waals surface area contributed by atoms with E-state index in [0.29, 0.717) is 33.7 Å². The van der Waals surface area contributed by atoms with Gasteiger partial charge in [0.1, 0.15) is 23.1 Å². The molecule has 2 rings (SSSR count). The molecule has 0 amide bonds. The molecule has 8 heteroatoms. The van der Waals surface area contributed by atoms with Crippen LogP contribution in [0.2, 0.25) is 10.0 Å². The second-order valence-corrected chi connectivity index (χ2v) is 7.15. The first-order valence-electron chi connectivity index (χ1n) is 9.46. The van der Waals surface area contributed by atoms with Gasteiger partial charge in [-0.25, -0.2) is 0 Å². The highest BCUT2D eigenvalue weighted by Gasteiger charge is 2.19. The first-order chi connectivity index (χ1) is 13.5. The summed E-state index contributed by atoms with van der Waals surface area (Å²) in [4.78, 5) is 8.05. The number of methoxy groups -OCH3 is 1. The number of aryl methyl sites for hydroxylation is 1. The smallest absolute Gasteiger partial charge is 0.139 e. The van der Waals surface area contributed by atoms with E-state index in [4.69, 9.17) is 32.8 Å². The van der Waals surface area contributed by atoms with Crippen molar-refractivity contribution in [2.24, 2.45) is 12.2 Å². The molecule has 0 saturated heterocycles. The number of aromatic nitrogens is 2. The van der Waals surface area contributed by atoms with Crippen LogP contribution < -0.4 is 4.74 Å². The van der Waals surface area contributed by atoms with E-state index in [1.807, 2.05) is 19.2 Å². The summed E-state index contributed by atoms with van der Waals surface area (Å²) in [5.74, 6) is 0.510. The fourth-order valence-corrected chi connectivity index (χ4v) is 3.45. The molecule has 0 fully saturated rings. The molecule has 0 unspecified atom stereocenters. The molecule has 0 aliphatic rings. The van der Waals surface area contributed by atoms with Crippen LogP contribution in [-0.4, -0.2) is 53.7 Å². The Kier molecular flexibility index (Phi) is 9.09. The SMILES string of the molecule is CCCN(CCC)CCO/N=C(\c1ccc(OC)c(Cl)c1Cl)c1ccnn1C. The minimum absolute atomic E-state index is 0.341. The van der Waals surface area contributed by atoms with Gasteiger partial charge in [0.05, 0.1) is 17.8 Å². The fourth-order valence-electron chi connectivity index (χ4n) is 2.96. The lowest BCUT2D eigenvalue weighted by Crippen LogP contribution is -2.29. The van der Waals surface area contributed by atoms with Crippen LogP contribution in [0.5, 0.6) is 5.75 Å². The van der Waals surface area contributed by atoms with Crippen LogP contribution in [0.1, 0.15) is 37.9 Å². The molecule has 0 radical (unpaired) electrons. The van der Waals surface area contributed by atoms with E-state index in [-0.39, 0.29) is 0 Å². The second-order valence-electron chi connectivity index (χ2n) is 6.40. The third kappa shape index (κ3) is 5.63. The van der Waals surface area contributed by atoms with Gasteiger partial charge in [-0.05, 0) is 44.1 Å². The van der Waals surface area contributed by atoms with E-state index in [0.717, 1.165) is 38.2 Å². The zero-order chi connectivity index (χ0) is 20.5. The average Bonchev–Trinajstić information content (AvgIpc) is 3.10. The van der Waals surface area contributed by atoms with Gasteiger partial charge in [-0.2, -0.15) is 5.10 Å². The molecule has 28 heavy (non-hydrogen) atoms. The molecular formula is C20H28Cl2N4O2. The van der Waals surface area contributed by atoms with E-state index in [1.54, 1.807) is 24.1 Å². The van der Waals surface area contributed by atoms with Gasteiger partial charge in [0.2, 0.25) is 0 Å². The van der Waals surface area contributed by atoms with Gasteiger partial charge in [-0.1, -0.05) is 42.2 Å². The first-order valence-corrected chi connectivity index (χ1v) is 10.2. The van der Waals surface area contributed by atoms with Crippen LogP contribution in [0.4, 0.5) is 0 Å². The number of rotatable bonds is 11. The topological polar surface area (TPSA) is 51.9 Å². The molecule has 0 spiro atoms. The van der Waals surface area contributed by atoms with E-state index >= 15 is 0 Å². The molecule has 0 aliphatic carbocycles. The largest absolute Gasteiger partial charge is 0.495 e. The summed E-state index contributed by atoms with van der Waals surface area (Å²) in [7, 11) is 3.39. The van der Waals surface area contributed by atoms with E-state index in [2.05, 4.69) is 29.0 Å². The maximum Gasteiger partial charge on any atom is 0.139 e. The number of nitrogens with zero attached hydrogens (tertiary/aromatic N) is 4. The molecule has 0 aliphatic heterocycles. The Labute approximate surface area is 177 Å². The van der Waals surface area contributed by atoms with Crippen LogP contribution in [-0.2, 0) is 11.9 Å². The average molecular weight is 427 g/mol. The summed E-state index contributed by atoms with van der Waals surface area (Å²) < 4.78 is 6.95. The van der Waals surface area contributed by atoms with Gasteiger partial charge in [0, 0.05) is 25.4 Å². The number of benzene rings is 1. The van der Waals surface area contributed by atoms with Crippen LogP contribution >= 0.6 is 23.2 Å². The van der Waals surface area contributed by atoms with Crippen molar-refractivity contribution in [3.63, 3.8) is 0 Å². The molecule has 0 saturated carbocycles. The highest BCUT2D eigenvalue weighted by atomic mass is 35.5. The Morgan fingerprint density at radius 1 is 1.11 bits per heavy atom. The van der Waals surface area contributed by atoms with Crippen LogP contribution in [0.15, 0.2) is 29.6 Å². The number of halogens is 2. The fraction of sp³-hybridized carbons (Fsp3) is 0.500. The van der Waals surface area contributed by atoms with E-state index in [1.165, 1.54) is 0 Å². The summed E-state index contributed by atoms with van der Waals surface area (Å²) in [6, 6.07) is 5.44. The Bertz CT molecular complexity index is 787.